The van der Waals surface area contributed by atoms with Crippen LogP contribution in [0.5, 0.6) is 0 Å². The molecule has 6 rings (SSSR count). The number of nitrogens with zero attached hydrogens (tertiary/aromatic N) is 5. The molecule has 174 valence electrons. The van der Waals surface area contributed by atoms with Gasteiger partial charge >= 0.3 is 11.6 Å². The summed E-state index contributed by atoms with van der Waals surface area (Å²) in [6.45, 7) is 0. The van der Waals surface area contributed by atoms with Crippen LogP contribution in [0, 0.1) is 5.82 Å². The number of benzene rings is 2. The Labute approximate surface area is 203 Å². The Bertz CT molecular complexity index is 1760. The molecule has 2 aromatic carbocycles. The second-order valence-electron chi connectivity index (χ2n) is 8.13. The van der Waals surface area contributed by atoms with Gasteiger partial charge in [0.05, 0.1) is 11.1 Å². The number of imidazole rings is 1. The van der Waals surface area contributed by atoms with Gasteiger partial charge in [-0.2, -0.15) is 5.10 Å². The van der Waals surface area contributed by atoms with Crippen molar-refractivity contribution in [2.75, 3.05) is 5.32 Å². The first-order chi connectivity index (χ1) is 17.6. The monoisotopic (exact) mass is 477 g/mol. The van der Waals surface area contributed by atoms with Crippen LogP contribution in [-0.4, -0.2) is 30.7 Å². The van der Waals surface area contributed by atoms with E-state index in [1.807, 2.05) is 30.3 Å². The molecular formula is C27H18FN6O2+. The summed E-state index contributed by atoms with van der Waals surface area (Å²) in [5.74, 6) is -0.588. The van der Waals surface area contributed by atoms with Crippen molar-refractivity contribution in [2.45, 2.75) is 0 Å². The number of halogens is 1. The maximum absolute atomic E-state index is 13.6. The van der Waals surface area contributed by atoms with Gasteiger partial charge in [-0.1, -0.05) is 18.2 Å². The van der Waals surface area contributed by atoms with Gasteiger partial charge in [-0.25, -0.2) is 18.9 Å². The Hall–Kier alpha value is -5.18. The van der Waals surface area contributed by atoms with Crippen molar-refractivity contribution in [1.29, 1.82) is 0 Å². The molecule has 8 nitrogen and oxygen atoms in total. The van der Waals surface area contributed by atoms with E-state index in [4.69, 9.17) is 4.98 Å². The number of hydrogen-bond donors (Lipinski definition) is 2. The van der Waals surface area contributed by atoms with Crippen molar-refractivity contribution < 1.29 is 19.1 Å². The number of carbonyl (C=O) groups excluding carboxylic acids is 1. The third-order valence-corrected chi connectivity index (χ3v) is 5.81. The molecule has 4 heterocycles. The van der Waals surface area contributed by atoms with E-state index < -0.39 is 5.91 Å². The Morgan fingerprint density at radius 3 is 2.56 bits per heavy atom. The molecule has 36 heavy (non-hydrogen) atoms. The number of hydrogen-bond acceptors (Lipinski definition) is 5. The van der Waals surface area contributed by atoms with Gasteiger partial charge in [-0.15, -0.1) is 0 Å². The van der Waals surface area contributed by atoms with E-state index in [1.54, 1.807) is 53.3 Å². The average molecular weight is 477 g/mol. The number of aromatic nitrogens is 5. The topological polar surface area (TPSA) is 96.3 Å². The van der Waals surface area contributed by atoms with Crippen molar-refractivity contribution in [1.82, 2.24) is 19.6 Å². The number of carbonyl (C=O) groups is 1. The molecule has 0 bridgehead atoms. The van der Waals surface area contributed by atoms with Crippen LogP contribution >= 0.6 is 0 Å². The fraction of sp³-hybridized carbons (Fsp3) is 0. The Morgan fingerprint density at radius 1 is 0.917 bits per heavy atom. The number of amides is 1. The van der Waals surface area contributed by atoms with Crippen LogP contribution < -0.4 is 10.0 Å². The summed E-state index contributed by atoms with van der Waals surface area (Å²) in [6.07, 6.45) is 4.69. The van der Waals surface area contributed by atoms with Crippen molar-refractivity contribution in [3.05, 3.63) is 109 Å². The van der Waals surface area contributed by atoms with Crippen molar-refractivity contribution in [3.8, 4) is 22.5 Å². The highest BCUT2D eigenvalue weighted by atomic mass is 19.1. The highest BCUT2D eigenvalue weighted by Gasteiger charge is 2.23. The van der Waals surface area contributed by atoms with Gasteiger partial charge in [0, 0.05) is 34.3 Å². The highest BCUT2D eigenvalue weighted by Crippen LogP contribution is 2.33. The minimum atomic E-state index is -0.525. The zero-order chi connectivity index (χ0) is 24.6. The van der Waals surface area contributed by atoms with Crippen molar-refractivity contribution in [3.63, 3.8) is 0 Å². The maximum atomic E-state index is 13.6. The van der Waals surface area contributed by atoms with Crippen LogP contribution in [0.15, 0.2) is 97.5 Å². The van der Waals surface area contributed by atoms with Crippen molar-refractivity contribution >= 4 is 28.1 Å². The van der Waals surface area contributed by atoms with Gasteiger partial charge in [0.2, 0.25) is 6.20 Å². The maximum Gasteiger partial charge on any atom is 0.326 e. The normalized spacial score (nSPS) is 11.1. The van der Waals surface area contributed by atoms with Crippen LogP contribution in [0.4, 0.5) is 10.2 Å². The number of rotatable bonds is 4. The molecule has 0 radical (unpaired) electrons. The van der Waals surface area contributed by atoms with Crippen LogP contribution in [-0.2, 0) is 0 Å². The van der Waals surface area contributed by atoms with Crippen molar-refractivity contribution in [2.24, 2.45) is 0 Å². The first-order valence-corrected chi connectivity index (χ1v) is 11.1. The lowest BCUT2D eigenvalue weighted by Gasteiger charge is -2.08. The molecule has 6 aromatic rings. The predicted octanol–water partition coefficient (Wildman–Crippen LogP) is 4.53. The van der Waals surface area contributed by atoms with E-state index in [2.05, 4.69) is 15.4 Å². The summed E-state index contributed by atoms with van der Waals surface area (Å²) in [5.41, 5.74) is 3.37. The Morgan fingerprint density at radius 2 is 1.72 bits per heavy atom. The number of anilines is 1. The minimum absolute atomic E-state index is 0.0596. The average Bonchev–Trinajstić information content (AvgIpc) is 3.28. The second kappa shape index (κ2) is 8.55. The molecule has 0 saturated carbocycles. The van der Waals surface area contributed by atoms with Crippen LogP contribution in [0.2, 0.25) is 0 Å². The van der Waals surface area contributed by atoms with Gasteiger partial charge in [0.15, 0.2) is 5.65 Å². The van der Waals surface area contributed by atoms with Gasteiger partial charge < -0.3 is 5.32 Å². The third kappa shape index (κ3) is 3.78. The lowest BCUT2D eigenvalue weighted by molar-refractivity contribution is -0.904. The second-order valence-corrected chi connectivity index (χ2v) is 8.13. The Kier molecular flexibility index (Phi) is 5.07. The van der Waals surface area contributed by atoms with E-state index >= 15 is 0 Å². The van der Waals surface area contributed by atoms with E-state index in [9.17, 15) is 14.4 Å². The zero-order valence-electron chi connectivity index (χ0n) is 18.7. The summed E-state index contributed by atoms with van der Waals surface area (Å²) in [6, 6.07) is 22.2. The van der Waals surface area contributed by atoms with Gasteiger partial charge in [-0.3, -0.25) is 10.0 Å². The molecule has 4 aromatic heterocycles. The molecule has 0 aliphatic rings. The molecule has 1 amide bonds. The van der Waals surface area contributed by atoms with Crippen LogP contribution in [0.3, 0.4) is 0 Å². The Balaban J connectivity index is 1.40. The fourth-order valence-electron chi connectivity index (χ4n) is 4.13. The minimum Gasteiger partial charge on any atom is -0.301 e. The quantitative estimate of drug-likeness (QED) is 0.287. The zero-order valence-corrected chi connectivity index (χ0v) is 18.7. The molecule has 0 saturated heterocycles. The smallest absolute Gasteiger partial charge is 0.301 e. The molecule has 9 heteroatoms. The molecule has 2 N–H and O–H groups in total. The molecule has 0 aliphatic carbocycles. The van der Waals surface area contributed by atoms with E-state index in [1.165, 1.54) is 18.3 Å². The third-order valence-electron chi connectivity index (χ3n) is 5.81. The largest absolute Gasteiger partial charge is 0.326 e. The fourth-order valence-corrected chi connectivity index (χ4v) is 4.13. The highest BCUT2D eigenvalue weighted by molar-refractivity contribution is 6.03. The van der Waals surface area contributed by atoms with Gasteiger partial charge in [0.1, 0.15) is 17.3 Å². The summed E-state index contributed by atoms with van der Waals surface area (Å²) in [5, 5.41) is 19.1. The predicted molar refractivity (Wildman–Crippen MR) is 131 cm³/mol. The molecule has 0 spiro atoms. The SMILES string of the molecule is O=C(Nc1cc(-c2c(-c3ccc(F)cc3)nc3cccnn23)ccn1)c1cc2ccccc2c[n+]1O. The van der Waals surface area contributed by atoms with Crippen LogP contribution in [0.25, 0.3) is 38.9 Å². The van der Waals surface area contributed by atoms with E-state index in [-0.39, 0.29) is 17.3 Å². The summed E-state index contributed by atoms with van der Waals surface area (Å²) in [7, 11) is 0. The van der Waals surface area contributed by atoms with Crippen LogP contribution in [0.1, 0.15) is 10.5 Å². The lowest BCUT2D eigenvalue weighted by Crippen LogP contribution is -2.39. The summed E-state index contributed by atoms with van der Waals surface area (Å²) in [4.78, 5) is 22.0. The summed E-state index contributed by atoms with van der Waals surface area (Å²) < 4.78 is 16.0. The first-order valence-electron chi connectivity index (χ1n) is 11.1. The molecule has 0 unspecified atom stereocenters. The first kappa shape index (κ1) is 21.4. The lowest BCUT2D eigenvalue weighted by atomic mass is 10.1. The number of pyridine rings is 2. The standard InChI is InChI=1S/C27H17FN6O2/c28-21-9-7-17(8-10-21)25-26(34-24(32-25)6-3-12-30-34)19-11-13-29-23(15-19)31-27(35)22-14-18-4-1-2-5-20(18)16-33(22)36/h1-16H,(H-,29,31,35,36)/p+1. The van der Waals surface area contributed by atoms with Gasteiger partial charge in [0.25, 0.3) is 0 Å². The summed E-state index contributed by atoms with van der Waals surface area (Å²) >= 11 is 0. The molecular weight excluding hydrogens is 459 g/mol. The molecule has 0 atom stereocenters. The molecule has 0 fully saturated rings. The number of fused-ring (bicyclic) bond motifs is 2. The number of nitrogens with one attached hydrogen (secondary N) is 1. The molecule has 0 aliphatic heterocycles. The van der Waals surface area contributed by atoms with E-state index in [0.717, 1.165) is 21.1 Å². The van der Waals surface area contributed by atoms with Gasteiger partial charge in [-0.05, 0) is 60.0 Å². The van der Waals surface area contributed by atoms with E-state index in [0.29, 0.717) is 22.6 Å².